The van der Waals surface area contributed by atoms with E-state index in [-0.39, 0.29) is 11.3 Å². The second-order valence-corrected chi connectivity index (χ2v) is 6.06. The molecule has 0 unspecified atom stereocenters. The van der Waals surface area contributed by atoms with E-state index in [4.69, 9.17) is 18.0 Å². The maximum atomic E-state index is 12.8. The van der Waals surface area contributed by atoms with Gasteiger partial charge in [-0.15, -0.1) is 0 Å². The molecule has 1 amide bonds. The first-order valence-corrected chi connectivity index (χ1v) is 7.59. The Hall–Kier alpha value is -1.42. The smallest absolute Gasteiger partial charge is 0.232 e. The molecule has 2 N–H and O–H groups in total. The molecule has 1 aromatic carbocycles. The number of carbonyl (C=O) groups excluding carboxylic acids is 1. The standard InChI is InChI=1S/C16H22N2OS/c1-3-16(10-4-5-11-16)15(19)18(2)13-8-6-12(7-9-13)14(17)20/h6-9H,3-5,10-11H2,1-2H3,(H2,17,20). The van der Waals surface area contributed by atoms with Gasteiger partial charge in [0.25, 0.3) is 0 Å². The number of amides is 1. The minimum absolute atomic E-state index is 0.156. The van der Waals surface area contributed by atoms with Crippen molar-refractivity contribution in [2.45, 2.75) is 39.0 Å². The number of rotatable bonds is 4. The summed E-state index contributed by atoms with van der Waals surface area (Å²) < 4.78 is 0. The normalized spacial score (nSPS) is 16.9. The average Bonchev–Trinajstić information content (AvgIpc) is 2.96. The van der Waals surface area contributed by atoms with Crippen LogP contribution < -0.4 is 10.6 Å². The van der Waals surface area contributed by atoms with Crippen LogP contribution in [0.4, 0.5) is 5.69 Å². The third-order valence-corrected chi connectivity index (χ3v) is 4.77. The van der Waals surface area contributed by atoms with Gasteiger partial charge in [0, 0.05) is 23.7 Å². The van der Waals surface area contributed by atoms with Crippen LogP contribution in [0.25, 0.3) is 0 Å². The lowest BCUT2D eigenvalue weighted by Gasteiger charge is -2.31. The number of hydrogen-bond donors (Lipinski definition) is 1. The van der Waals surface area contributed by atoms with Gasteiger partial charge in [0.2, 0.25) is 5.91 Å². The van der Waals surface area contributed by atoms with E-state index < -0.39 is 0 Å². The largest absolute Gasteiger partial charge is 0.389 e. The van der Waals surface area contributed by atoms with Gasteiger partial charge in [-0.25, -0.2) is 0 Å². The number of hydrogen-bond acceptors (Lipinski definition) is 2. The van der Waals surface area contributed by atoms with Gasteiger partial charge in [0.15, 0.2) is 0 Å². The average molecular weight is 290 g/mol. The highest BCUT2D eigenvalue weighted by Gasteiger charge is 2.41. The molecule has 0 radical (unpaired) electrons. The van der Waals surface area contributed by atoms with Gasteiger partial charge in [-0.3, -0.25) is 4.79 Å². The van der Waals surface area contributed by atoms with Gasteiger partial charge < -0.3 is 10.6 Å². The molecule has 0 aliphatic heterocycles. The number of nitrogens with two attached hydrogens (primary N) is 1. The third kappa shape index (κ3) is 2.70. The van der Waals surface area contributed by atoms with Crippen molar-refractivity contribution in [1.82, 2.24) is 0 Å². The van der Waals surface area contributed by atoms with Crippen molar-refractivity contribution in [2.75, 3.05) is 11.9 Å². The summed E-state index contributed by atoms with van der Waals surface area (Å²) in [6.07, 6.45) is 5.26. The van der Waals surface area contributed by atoms with Crippen molar-refractivity contribution in [3.05, 3.63) is 29.8 Å². The molecule has 0 atom stereocenters. The molecule has 1 aliphatic carbocycles. The molecule has 108 valence electrons. The second kappa shape index (κ2) is 5.92. The molecule has 0 bridgehead atoms. The van der Waals surface area contributed by atoms with Gasteiger partial charge in [0.05, 0.1) is 0 Å². The molecule has 2 rings (SSSR count). The first kappa shape index (κ1) is 15.0. The molecule has 1 aromatic rings. The number of nitrogens with zero attached hydrogens (tertiary/aromatic N) is 1. The zero-order valence-electron chi connectivity index (χ0n) is 12.2. The first-order chi connectivity index (χ1) is 9.50. The van der Waals surface area contributed by atoms with Crippen molar-refractivity contribution in [3.63, 3.8) is 0 Å². The zero-order valence-corrected chi connectivity index (χ0v) is 13.0. The van der Waals surface area contributed by atoms with Gasteiger partial charge in [-0.2, -0.15) is 0 Å². The van der Waals surface area contributed by atoms with Crippen molar-refractivity contribution in [2.24, 2.45) is 11.1 Å². The second-order valence-electron chi connectivity index (χ2n) is 5.62. The van der Waals surface area contributed by atoms with E-state index in [1.54, 1.807) is 4.90 Å². The Labute approximate surface area is 126 Å². The van der Waals surface area contributed by atoms with Crippen molar-refractivity contribution < 1.29 is 4.79 Å². The van der Waals surface area contributed by atoms with Gasteiger partial charge in [0.1, 0.15) is 4.99 Å². The molecule has 0 aromatic heterocycles. The fraction of sp³-hybridized carbons (Fsp3) is 0.500. The summed E-state index contributed by atoms with van der Waals surface area (Å²) >= 11 is 4.94. The van der Waals surface area contributed by atoms with Crippen LogP contribution in [0.5, 0.6) is 0 Å². The fourth-order valence-electron chi connectivity index (χ4n) is 3.09. The number of thiocarbonyl (C=S) groups is 1. The number of benzene rings is 1. The zero-order chi connectivity index (χ0) is 14.8. The van der Waals surface area contributed by atoms with Crippen LogP contribution in [0.2, 0.25) is 0 Å². The number of anilines is 1. The Bertz CT molecular complexity index is 504. The maximum absolute atomic E-state index is 12.8. The summed E-state index contributed by atoms with van der Waals surface area (Å²) in [4.78, 5) is 14.9. The van der Waals surface area contributed by atoms with E-state index in [2.05, 4.69) is 6.92 Å². The molecule has 0 spiro atoms. The van der Waals surface area contributed by atoms with E-state index >= 15 is 0 Å². The summed E-state index contributed by atoms with van der Waals surface area (Å²) in [5, 5.41) is 0. The van der Waals surface area contributed by atoms with Gasteiger partial charge >= 0.3 is 0 Å². The van der Waals surface area contributed by atoms with Crippen molar-refractivity contribution in [1.29, 1.82) is 0 Å². The highest BCUT2D eigenvalue weighted by molar-refractivity contribution is 7.80. The fourth-order valence-corrected chi connectivity index (χ4v) is 3.23. The lowest BCUT2D eigenvalue weighted by atomic mass is 9.82. The number of carbonyl (C=O) groups is 1. The van der Waals surface area contributed by atoms with Crippen LogP contribution in [0.15, 0.2) is 24.3 Å². The SMILES string of the molecule is CCC1(C(=O)N(C)c2ccc(C(N)=S)cc2)CCCC1. The van der Waals surface area contributed by atoms with Gasteiger partial charge in [-0.1, -0.05) is 32.0 Å². The van der Waals surface area contributed by atoms with E-state index in [1.165, 1.54) is 0 Å². The molecule has 20 heavy (non-hydrogen) atoms. The first-order valence-electron chi connectivity index (χ1n) is 7.18. The third-order valence-electron chi connectivity index (χ3n) is 4.53. The van der Waals surface area contributed by atoms with E-state index in [9.17, 15) is 4.79 Å². The summed E-state index contributed by atoms with van der Waals surface area (Å²) in [7, 11) is 1.85. The summed E-state index contributed by atoms with van der Waals surface area (Å²) in [5.74, 6) is 0.237. The highest BCUT2D eigenvalue weighted by Crippen LogP contribution is 2.42. The molecule has 3 nitrogen and oxygen atoms in total. The molecule has 0 saturated heterocycles. The van der Waals surface area contributed by atoms with E-state index in [0.717, 1.165) is 43.4 Å². The Morgan fingerprint density at radius 2 is 1.85 bits per heavy atom. The van der Waals surface area contributed by atoms with Crippen LogP contribution in [0.1, 0.15) is 44.6 Å². The maximum Gasteiger partial charge on any atom is 0.232 e. The summed E-state index contributed by atoms with van der Waals surface area (Å²) in [6.45, 7) is 2.12. The lowest BCUT2D eigenvalue weighted by molar-refractivity contribution is -0.127. The monoisotopic (exact) mass is 290 g/mol. The summed E-state index contributed by atoms with van der Waals surface area (Å²) in [6, 6.07) is 7.55. The molecule has 1 saturated carbocycles. The van der Waals surface area contributed by atoms with E-state index in [1.807, 2.05) is 31.3 Å². The van der Waals surface area contributed by atoms with Crippen LogP contribution in [0.3, 0.4) is 0 Å². The van der Waals surface area contributed by atoms with Gasteiger partial charge in [-0.05, 0) is 43.5 Å². The molecular weight excluding hydrogens is 268 g/mol. The quantitative estimate of drug-likeness (QED) is 0.866. The minimum Gasteiger partial charge on any atom is -0.389 e. The van der Waals surface area contributed by atoms with E-state index in [0.29, 0.717) is 4.99 Å². The predicted molar refractivity (Wildman–Crippen MR) is 86.9 cm³/mol. The Kier molecular flexibility index (Phi) is 4.43. The Balaban J connectivity index is 2.19. The van der Waals surface area contributed by atoms with Crippen LogP contribution in [-0.4, -0.2) is 17.9 Å². The lowest BCUT2D eigenvalue weighted by Crippen LogP contribution is -2.40. The van der Waals surface area contributed by atoms with Crippen LogP contribution in [0, 0.1) is 5.41 Å². The summed E-state index contributed by atoms with van der Waals surface area (Å²) in [5.41, 5.74) is 7.16. The van der Waals surface area contributed by atoms with Crippen LogP contribution >= 0.6 is 12.2 Å². The molecule has 1 fully saturated rings. The predicted octanol–water partition coefficient (Wildman–Crippen LogP) is 3.25. The highest BCUT2D eigenvalue weighted by atomic mass is 32.1. The van der Waals surface area contributed by atoms with Crippen molar-refractivity contribution in [3.8, 4) is 0 Å². The minimum atomic E-state index is -0.156. The Morgan fingerprint density at radius 1 is 1.30 bits per heavy atom. The molecule has 0 heterocycles. The molecule has 4 heteroatoms. The topological polar surface area (TPSA) is 46.3 Å². The molecule has 1 aliphatic rings. The molecular formula is C16H22N2OS. The van der Waals surface area contributed by atoms with Crippen molar-refractivity contribution >= 4 is 28.8 Å². The van der Waals surface area contributed by atoms with Crippen LogP contribution in [-0.2, 0) is 4.79 Å². The Morgan fingerprint density at radius 3 is 2.30 bits per heavy atom.